The summed E-state index contributed by atoms with van der Waals surface area (Å²) < 4.78 is 37.7. The van der Waals surface area contributed by atoms with Crippen molar-refractivity contribution in [3.63, 3.8) is 0 Å². The van der Waals surface area contributed by atoms with Crippen LogP contribution in [-0.2, 0) is 64.4 Å². The lowest BCUT2D eigenvalue weighted by Crippen LogP contribution is -2.66. The van der Waals surface area contributed by atoms with Gasteiger partial charge in [0, 0.05) is 6.92 Å². The van der Waals surface area contributed by atoms with Gasteiger partial charge in [0.1, 0.15) is 31.0 Å². The first-order valence-electron chi connectivity index (χ1n) is 16.2. The molecule has 1 fully saturated rings. The first kappa shape index (κ1) is 34.9. The van der Waals surface area contributed by atoms with Gasteiger partial charge in [0.05, 0.1) is 26.4 Å². The molecule has 1 saturated heterocycles. The van der Waals surface area contributed by atoms with Crippen LogP contribution in [0.3, 0.4) is 0 Å². The number of carbonyl (C=O) groups excluding carboxylic acids is 2. The number of rotatable bonds is 16. The Hall–Kier alpha value is -4.38. The summed E-state index contributed by atoms with van der Waals surface area (Å²) in [5, 5.41) is 2.96. The second kappa shape index (κ2) is 18.2. The van der Waals surface area contributed by atoms with Crippen LogP contribution in [0.25, 0.3) is 0 Å². The van der Waals surface area contributed by atoms with Crippen molar-refractivity contribution in [3.8, 4) is 0 Å². The third kappa shape index (κ3) is 10.6. The van der Waals surface area contributed by atoms with Crippen molar-refractivity contribution in [1.29, 1.82) is 0 Å². The van der Waals surface area contributed by atoms with Crippen LogP contribution in [0.4, 0.5) is 0 Å². The zero-order chi connectivity index (χ0) is 33.6. The standard InChI is InChI=1S/C39H43NO8/c1-28(38(42)45-25-32-19-11-5-12-20-32)47-37-35(40-29(2)41)39(46-26-33-21-13-6-14-22-33)48-34(27-43-23-30-15-7-3-8-16-30)36(37)44-24-31-17-9-4-10-18-31/h3-22,28,34-37,39H,23-27H2,1-2H3,(H,40,41)/t28-,34-,35+,36-,37-,39+/m1/s1. The van der Waals surface area contributed by atoms with E-state index in [1.807, 2.05) is 121 Å². The van der Waals surface area contributed by atoms with E-state index < -0.39 is 42.7 Å². The number of hydrogen-bond acceptors (Lipinski definition) is 8. The third-order valence-corrected chi connectivity index (χ3v) is 7.87. The molecule has 6 atom stereocenters. The van der Waals surface area contributed by atoms with Crippen molar-refractivity contribution >= 4 is 11.9 Å². The molecular formula is C39H43NO8. The highest BCUT2D eigenvalue weighted by Crippen LogP contribution is 2.30. The fourth-order valence-electron chi connectivity index (χ4n) is 5.46. The Bertz CT molecular complexity index is 1520. The zero-order valence-corrected chi connectivity index (χ0v) is 27.3. The number of carbonyl (C=O) groups is 2. The number of ether oxygens (including phenoxy) is 6. The summed E-state index contributed by atoms with van der Waals surface area (Å²) in [6.07, 6.45) is -4.28. The first-order valence-corrected chi connectivity index (χ1v) is 16.2. The molecule has 0 radical (unpaired) electrons. The van der Waals surface area contributed by atoms with Crippen LogP contribution in [0.2, 0.25) is 0 Å². The summed E-state index contributed by atoms with van der Waals surface area (Å²) in [5.74, 6) is -0.863. The van der Waals surface area contributed by atoms with Crippen molar-refractivity contribution in [3.05, 3.63) is 144 Å². The topological polar surface area (TPSA) is 102 Å². The Morgan fingerprint density at radius 3 is 1.67 bits per heavy atom. The van der Waals surface area contributed by atoms with E-state index >= 15 is 0 Å². The minimum atomic E-state index is -1.00. The Morgan fingerprint density at radius 2 is 1.15 bits per heavy atom. The maximum atomic E-state index is 13.2. The molecule has 5 rings (SSSR count). The van der Waals surface area contributed by atoms with Gasteiger partial charge >= 0.3 is 5.97 Å². The quantitative estimate of drug-likeness (QED) is 0.153. The predicted octanol–water partition coefficient (Wildman–Crippen LogP) is 5.75. The first-order chi connectivity index (χ1) is 23.5. The number of hydrogen-bond donors (Lipinski definition) is 1. The van der Waals surface area contributed by atoms with Gasteiger partial charge < -0.3 is 33.7 Å². The van der Waals surface area contributed by atoms with Gasteiger partial charge in [0.2, 0.25) is 5.91 Å². The van der Waals surface area contributed by atoms with Crippen LogP contribution in [0.5, 0.6) is 0 Å². The monoisotopic (exact) mass is 653 g/mol. The van der Waals surface area contributed by atoms with Crippen LogP contribution in [0, 0.1) is 0 Å². The van der Waals surface area contributed by atoms with E-state index in [1.54, 1.807) is 6.92 Å². The van der Waals surface area contributed by atoms with Gasteiger partial charge in [-0.05, 0) is 29.2 Å². The molecule has 0 unspecified atom stereocenters. The average Bonchev–Trinajstić information content (AvgIpc) is 3.12. The van der Waals surface area contributed by atoms with Crippen LogP contribution < -0.4 is 5.32 Å². The van der Waals surface area contributed by atoms with Gasteiger partial charge in [-0.25, -0.2) is 4.79 Å². The fourth-order valence-corrected chi connectivity index (χ4v) is 5.46. The number of amides is 1. The molecule has 1 heterocycles. The van der Waals surface area contributed by atoms with Crippen LogP contribution >= 0.6 is 0 Å². The van der Waals surface area contributed by atoms with E-state index in [9.17, 15) is 9.59 Å². The molecule has 0 aromatic heterocycles. The lowest BCUT2D eigenvalue weighted by Gasteiger charge is -2.46. The molecule has 0 saturated carbocycles. The van der Waals surface area contributed by atoms with E-state index in [1.165, 1.54) is 6.92 Å². The molecule has 0 spiro atoms. The second-order valence-corrected chi connectivity index (χ2v) is 11.7. The van der Waals surface area contributed by atoms with Gasteiger partial charge in [0.25, 0.3) is 0 Å². The molecule has 1 amide bonds. The fraction of sp³-hybridized carbons (Fsp3) is 0.333. The van der Waals surface area contributed by atoms with Crippen LogP contribution in [0.15, 0.2) is 121 Å². The summed E-state index contributed by atoms with van der Waals surface area (Å²) >= 11 is 0. The van der Waals surface area contributed by atoms with Crippen molar-refractivity contribution in [2.45, 2.75) is 77.0 Å². The van der Waals surface area contributed by atoms with Gasteiger partial charge in [-0.1, -0.05) is 121 Å². The molecule has 9 heteroatoms. The summed E-state index contributed by atoms with van der Waals surface area (Å²) in [6, 6.07) is 37.8. The molecule has 0 aliphatic carbocycles. The second-order valence-electron chi connectivity index (χ2n) is 11.7. The number of benzene rings is 4. The van der Waals surface area contributed by atoms with E-state index in [0.29, 0.717) is 6.61 Å². The highest BCUT2D eigenvalue weighted by molar-refractivity contribution is 5.74. The maximum Gasteiger partial charge on any atom is 0.335 e. The summed E-state index contributed by atoms with van der Waals surface area (Å²) in [6.45, 7) is 4.09. The molecule has 9 nitrogen and oxygen atoms in total. The minimum Gasteiger partial charge on any atom is -0.459 e. The SMILES string of the molecule is CC(=O)N[C@@H]1[C@@H](OCc2ccccc2)O[C@H](COCc2ccccc2)[C@@H](OCc2ccccc2)[C@@H]1O[C@H](C)C(=O)OCc1ccccc1. The normalized spacial score (nSPS) is 21.2. The van der Waals surface area contributed by atoms with Crippen LogP contribution in [0.1, 0.15) is 36.1 Å². The van der Waals surface area contributed by atoms with Gasteiger partial charge in [-0.3, -0.25) is 4.79 Å². The zero-order valence-electron chi connectivity index (χ0n) is 27.3. The number of nitrogens with one attached hydrogen (secondary N) is 1. The van der Waals surface area contributed by atoms with E-state index in [4.69, 9.17) is 28.4 Å². The molecule has 252 valence electrons. The van der Waals surface area contributed by atoms with E-state index in [-0.39, 0.29) is 32.3 Å². The molecule has 1 aliphatic rings. The van der Waals surface area contributed by atoms with Crippen LogP contribution in [-0.4, -0.2) is 55.2 Å². The molecule has 0 bridgehead atoms. The highest BCUT2D eigenvalue weighted by atomic mass is 16.7. The minimum absolute atomic E-state index is 0.100. The Balaban J connectivity index is 1.41. The van der Waals surface area contributed by atoms with Gasteiger partial charge in [-0.2, -0.15) is 0 Å². The molecule has 4 aromatic rings. The predicted molar refractivity (Wildman–Crippen MR) is 179 cm³/mol. The largest absolute Gasteiger partial charge is 0.459 e. The Kier molecular flexibility index (Phi) is 13.3. The average molecular weight is 654 g/mol. The summed E-state index contributed by atoms with van der Waals surface area (Å²) in [5.41, 5.74) is 3.73. The maximum absolute atomic E-state index is 13.2. The highest BCUT2D eigenvalue weighted by Gasteiger charge is 2.49. The number of esters is 1. The van der Waals surface area contributed by atoms with Crippen molar-refractivity contribution in [2.24, 2.45) is 0 Å². The summed E-state index contributed by atoms with van der Waals surface area (Å²) in [4.78, 5) is 25.9. The van der Waals surface area contributed by atoms with Crippen molar-refractivity contribution < 1.29 is 38.0 Å². The van der Waals surface area contributed by atoms with Crippen molar-refractivity contribution in [2.75, 3.05) is 6.61 Å². The lowest BCUT2D eigenvalue weighted by molar-refractivity contribution is -0.295. The summed E-state index contributed by atoms with van der Waals surface area (Å²) in [7, 11) is 0. The molecule has 4 aromatic carbocycles. The molecular weight excluding hydrogens is 610 g/mol. The molecule has 48 heavy (non-hydrogen) atoms. The van der Waals surface area contributed by atoms with E-state index in [2.05, 4.69) is 5.32 Å². The third-order valence-electron chi connectivity index (χ3n) is 7.87. The molecule has 1 aliphatic heterocycles. The van der Waals surface area contributed by atoms with Crippen molar-refractivity contribution in [1.82, 2.24) is 5.32 Å². The molecule has 1 N–H and O–H groups in total. The van der Waals surface area contributed by atoms with Gasteiger partial charge in [-0.15, -0.1) is 0 Å². The van der Waals surface area contributed by atoms with Gasteiger partial charge in [0.15, 0.2) is 12.4 Å². The van der Waals surface area contributed by atoms with E-state index in [0.717, 1.165) is 22.3 Å². The lowest BCUT2D eigenvalue weighted by atomic mass is 9.95. The smallest absolute Gasteiger partial charge is 0.335 e. The Morgan fingerprint density at radius 1 is 0.667 bits per heavy atom. The Labute approximate surface area is 282 Å².